The fourth-order valence-corrected chi connectivity index (χ4v) is 5.86. The number of carbonyl (C=O) groups excluding carboxylic acids is 1. The predicted octanol–water partition coefficient (Wildman–Crippen LogP) is 4.53. The van der Waals surface area contributed by atoms with Crippen LogP contribution in [0, 0.1) is 0 Å². The Morgan fingerprint density at radius 3 is 2.60 bits per heavy atom. The van der Waals surface area contributed by atoms with Crippen molar-refractivity contribution in [2.24, 2.45) is 0 Å². The Kier molecular flexibility index (Phi) is 4.67. The summed E-state index contributed by atoms with van der Waals surface area (Å²) in [4.78, 5) is 26.1. The summed E-state index contributed by atoms with van der Waals surface area (Å²) in [5.41, 5.74) is 8.69. The maximum atomic E-state index is 13.3. The van der Waals surface area contributed by atoms with Crippen LogP contribution in [0.2, 0.25) is 0 Å². The van der Waals surface area contributed by atoms with Crippen molar-refractivity contribution in [3.63, 3.8) is 0 Å². The second-order valence-electron chi connectivity index (χ2n) is 10.00. The first kappa shape index (κ1) is 20.6. The number of aromatic amines is 2. The summed E-state index contributed by atoms with van der Waals surface area (Å²) in [5, 5.41) is 10.6. The Bertz CT molecular complexity index is 1600. The monoisotopic (exact) mass is 464 g/mol. The van der Waals surface area contributed by atoms with Crippen LogP contribution in [0.4, 0.5) is 0 Å². The molecular weight excluding hydrogens is 436 g/mol. The summed E-state index contributed by atoms with van der Waals surface area (Å²) < 4.78 is 0. The zero-order chi connectivity index (χ0) is 23.5. The number of benzene rings is 2. The van der Waals surface area contributed by atoms with Crippen molar-refractivity contribution in [1.29, 1.82) is 0 Å². The lowest BCUT2D eigenvalue weighted by atomic mass is 9.85. The van der Waals surface area contributed by atoms with Gasteiger partial charge in [0, 0.05) is 53.4 Å². The largest absolute Gasteiger partial charge is 0.351 e. The number of hydrogen-bond donors (Lipinski definition) is 2. The molecule has 0 bridgehead atoms. The van der Waals surface area contributed by atoms with Gasteiger partial charge in [-0.15, -0.1) is 0 Å². The van der Waals surface area contributed by atoms with Gasteiger partial charge in [0.25, 0.3) is 5.91 Å². The molecule has 35 heavy (non-hydrogen) atoms. The van der Waals surface area contributed by atoms with Gasteiger partial charge in [-0.05, 0) is 74.2 Å². The number of H-pyrrole nitrogens is 2. The van der Waals surface area contributed by atoms with Crippen LogP contribution in [-0.2, 0) is 12.8 Å². The normalized spacial score (nSPS) is 16.9. The number of piperazine rings is 1. The van der Waals surface area contributed by atoms with E-state index in [1.807, 2.05) is 11.1 Å². The standard InChI is InChI=1S/C28H28N6O/c1-33-10-12-34(13-11-33)28(35)25-15-21-23(30-25)8-9-24-26(21)19-4-2-3-5-20(19)27(31-24)17-6-7-22-18(14-17)16-29-32-22/h6-9,14-16,30H,2-5,10-13H2,1H3,(H,29,32). The molecule has 7 heteroatoms. The molecule has 2 aromatic carbocycles. The molecule has 1 aliphatic heterocycles. The SMILES string of the molecule is CN1CCN(C(=O)c2cc3c(ccc4nc(-c5ccc6[nH]ncc6c5)c5c(c43)CCCC5)[nH]2)CC1. The molecule has 0 radical (unpaired) electrons. The number of amides is 1. The number of rotatable bonds is 2. The molecular formula is C28H28N6O. The molecule has 1 aliphatic carbocycles. The van der Waals surface area contributed by atoms with Crippen molar-refractivity contribution in [3.05, 3.63) is 59.4 Å². The fourth-order valence-electron chi connectivity index (χ4n) is 5.86. The Morgan fingerprint density at radius 2 is 1.74 bits per heavy atom. The molecule has 2 aliphatic rings. The summed E-state index contributed by atoms with van der Waals surface area (Å²) in [5.74, 6) is 0.0920. The highest BCUT2D eigenvalue weighted by molar-refractivity contribution is 6.11. The number of hydrogen-bond acceptors (Lipinski definition) is 4. The molecule has 1 fully saturated rings. The van der Waals surface area contributed by atoms with Gasteiger partial charge in [-0.3, -0.25) is 9.89 Å². The van der Waals surface area contributed by atoms with Crippen LogP contribution in [0.1, 0.15) is 34.5 Å². The maximum Gasteiger partial charge on any atom is 0.270 e. The lowest BCUT2D eigenvalue weighted by Crippen LogP contribution is -2.47. The molecule has 176 valence electrons. The van der Waals surface area contributed by atoms with E-state index in [1.54, 1.807) is 0 Å². The minimum absolute atomic E-state index is 0.0920. The average Bonchev–Trinajstić information content (AvgIpc) is 3.54. The van der Waals surface area contributed by atoms with Gasteiger partial charge in [-0.2, -0.15) is 5.10 Å². The molecule has 1 amide bonds. The number of nitrogens with zero attached hydrogens (tertiary/aromatic N) is 4. The molecule has 0 unspecified atom stereocenters. The number of carbonyl (C=O) groups is 1. The third-order valence-corrected chi connectivity index (χ3v) is 7.80. The van der Waals surface area contributed by atoms with Crippen molar-refractivity contribution in [3.8, 4) is 11.3 Å². The van der Waals surface area contributed by atoms with Crippen LogP contribution >= 0.6 is 0 Å². The zero-order valence-corrected chi connectivity index (χ0v) is 19.9. The average molecular weight is 465 g/mol. The summed E-state index contributed by atoms with van der Waals surface area (Å²) in [7, 11) is 2.11. The Labute approximate surface area is 203 Å². The molecule has 0 spiro atoms. The first-order chi connectivity index (χ1) is 17.2. The van der Waals surface area contributed by atoms with Crippen molar-refractivity contribution < 1.29 is 4.79 Å². The Morgan fingerprint density at radius 1 is 0.943 bits per heavy atom. The first-order valence-electron chi connectivity index (χ1n) is 12.5. The second kappa shape index (κ2) is 7.92. The summed E-state index contributed by atoms with van der Waals surface area (Å²) in [6, 6.07) is 12.7. The number of aromatic nitrogens is 4. The van der Waals surface area contributed by atoms with Crippen LogP contribution < -0.4 is 0 Å². The molecule has 7 nitrogen and oxygen atoms in total. The summed E-state index contributed by atoms with van der Waals surface area (Å²) in [6.45, 7) is 3.37. The highest BCUT2D eigenvalue weighted by Crippen LogP contribution is 2.39. The number of pyridine rings is 1. The third-order valence-electron chi connectivity index (χ3n) is 7.80. The second-order valence-corrected chi connectivity index (χ2v) is 10.00. The topological polar surface area (TPSA) is 80.9 Å². The van der Waals surface area contributed by atoms with Crippen LogP contribution in [0.3, 0.4) is 0 Å². The predicted molar refractivity (Wildman–Crippen MR) is 139 cm³/mol. The number of nitrogens with one attached hydrogen (secondary N) is 2. The molecule has 7 rings (SSSR count). The third kappa shape index (κ3) is 3.33. The van der Waals surface area contributed by atoms with E-state index < -0.39 is 0 Å². The molecule has 3 aromatic heterocycles. The van der Waals surface area contributed by atoms with Gasteiger partial charge >= 0.3 is 0 Å². The summed E-state index contributed by atoms with van der Waals surface area (Å²) in [6.07, 6.45) is 6.30. The molecule has 2 N–H and O–H groups in total. The zero-order valence-electron chi connectivity index (χ0n) is 19.9. The molecule has 1 saturated heterocycles. The van der Waals surface area contributed by atoms with Crippen LogP contribution in [0.15, 0.2) is 42.6 Å². The van der Waals surface area contributed by atoms with E-state index in [4.69, 9.17) is 4.98 Å². The van der Waals surface area contributed by atoms with Gasteiger partial charge < -0.3 is 14.8 Å². The van der Waals surface area contributed by atoms with Gasteiger partial charge in [0.2, 0.25) is 0 Å². The number of likely N-dealkylation sites (N-methyl/N-ethyl adjacent to an activating group) is 1. The van der Waals surface area contributed by atoms with E-state index in [0.717, 1.165) is 77.6 Å². The summed E-state index contributed by atoms with van der Waals surface area (Å²) >= 11 is 0. The highest BCUT2D eigenvalue weighted by atomic mass is 16.2. The quantitative estimate of drug-likeness (QED) is 0.402. The highest BCUT2D eigenvalue weighted by Gasteiger charge is 2.25. The van der Waals surface area contributed by atoms with E-state index in [-0.39, 0.29) is 5.91 Å². The van der Waals surface area contributed by atoms with Crippen molar-refractivity contribution in [2.45, 2.75) is 25.7 Å². The Hall–Kier alpha value is -3.71. The molecule has 0 saturated carbocycles. The lowest BCUT2D eigenvalue weighted by Gasteiger charge is -2.32. The van der Waals surface area contributed by atoms with Crippen molar-refractivity contribution in [1.82, 2.24) is 30.0 Å². The lowest BCUT2D eigenvalue weighted by molar-refractivity contribution is 0.0659. The first-order valence-corrected chi connectivity index (χ1v) is 12.5. The minimum atomic E-state index is 0.0920. The Balaban J connectivity index is 1.38. The van der Waals surface area contributed by atoms with Crippen LogP contribution in [0.5, 0.6) is 0 Å². The van der Waals surface area contributed by atoms with Gasteiger partial charge in [-0.1, -0.05) is 6.07 Å². The van der Waals surface area contributed by atoms with Crippen LogP contribution in [-0.4, -0.2) is 69.1 Å². The van der Waals surface area contributed by atoms with Crippen molar-refractivity contribution in [2.75, 3.05) is 33.2 Å². The number of fused-ring (bicyclic) bond motifs is 6. The van der Waals surface area contributed by atoms with E-state index in [1.165, 1.54) is 29.4 Å². The van der Waals surface area contributed by atoms with E-state index >= 15 is 0 Å². The van der Waals surface area contributed by atoms with E-state index in [9.17, 15) is 4.79 Å². The van der Waals surface area contributed by atoms with E-state index in [0.29, 0.717) is 5.69 Å². The van der Waals surface area contributed by atoms with Crippen molar-refractivity contribution >= 4 is 38.6 Å². The van der Waals surface area contributed by atoms with Gasteiger partial charge in [0.05, 0.1) is 22.9 Å². The van der Waals surface area contributed by atoms with E-state index in [2.05, 4.69) is 63.5 Å². The maximum absolute atomic E-state index is 13.3. The van der Waals surface area contributed by atoms with Crippen LogP contribution in [0.25, 0.3) is 44.0 Å². The smallest absolute Gasteiger partial charge is 0.270 e. The molecule has 4 heterocycles. The molecule has 0 atom stereocenters. The van der Waals surface area contributed by atoms with Gasteiger partial charge in [0.1, 0.15) is 5.69 Å². The number of aryl methyl sites for hydroxylation is 1. The van der Waals surface area contributed by atoms with Gasteiger partial charge in [0.15, 0.2) is 0 Å². The fraction of sp³-hybridized carbons (Fsp3) is 0.321. The minimum Gasteiger partial charge on any atom is -0.351 e. The molecule has 5 aromatic rings. The van der Waals surface area contributed by atoms with Gasteiger partial charge in [-0.25, -0.2) is 4.98 Å².